The predicted octanol–water partition coefficient (Wildman–Crippen LogP) is 1.83. The molecule has 26 heavy (non-hydrogen) atoms. The average Bonchev–Trinajstić information content (AvgIpc) is 3.12. The minimum Gasteiger partial charge on any atom is -0.478 e. The van der Waals surface area contributed by atoms with E-state index in [0.717, 1.165) is 31.7 Å². The van der Waals surface area contributed by atoms with E-state index in [1.54, 1.807) is 17.7 Å². The van der Waals surface area contributed by atoms with Crippen molar-refractivity contribution in [2.24, 2.45) is 0 Å². The third-order valence-corrected chi connectivity index (χ3v) is 4.93. The summed E-state index contributed by atoms with van der Waals surface area (Å²) in [5.74, 6) is 0.713. The number of rotatable bonds is 3. The molecule has 0 aliphatic carbocycles. The molecule has 0 bridgehead atoms. The van der Waals surface area contributed by atoms with E-state index in [9.17, 15) is 9.59 Å². The van der Waals surface area contributed by atoms with Gasteiger partial charge in [0, 0.05) is 56.5 Å². The molecule has 1 amide bonds. The number of fused-ring (bicyclic) bond motifs is 1. The lowest BCUT2D eigenvalue weighted by atomic mass is 10.1. The Morgan fingerprint density at radius 2 is 1.77 bits per heavy atom. The van der Waals surface area contributed by atoms with Crippen LogP contribution >= 0.6 is 0 Å². The molecule has 0 saturated carbocycles. The normalized spacial score (nSPS) is 16.8. The molecular formula is C19H22N4O3. The maximum Gasteiger partial charge on any atom is 0.274 e. The van der Waals surface area contributed by atoms with Crippen molar-refractivity contribution < 1.29 is 14.3 Å². The van der Waals surface area contributed by atoms with Gasteiger partial charge in [-0.25, -0.2) is 4.68 Å². The van der Waals surface area contributed by atoms with Gasteiger partial charge in [0.05, 0.1) is 6.61 Å². The molecule has 1 saturated heterocycles. The van der Waals surface area contributed by atoms with Crippen LogP contribution in [0.25, 0.3) is 0 Å². The van der Waals surface area contributed by atoms with Crippen molar-refractivity contribution in [1.82, 2.24) is 14.7 Å². The fourth-order valence-corrected chi connectivity index (χ4v) is 3.41. The number of aryl methyl sites for hydroxylation is 1. The molecule has 0 N–H and O–H groups in total. The number of ketones is 1. The van der Waals surface area contributed by atoms with Gasteiger partial charge in [-0.15, -0.1) is 0 Å². The number of hydrogen-bond acceptors (Lipinski definition) is 5. The largest absolute Gasteiger partial charge is 0.478 e. The van der Waals surface area contributed by atoms with Crippen molar-refractivity contribution in [1.29, 1.82) is 0 Å². The van der Waals surface area contributed by atoms with Crippen molar-refractivity contribution in [3.05, 3.63) is 41.6 Å². The molecule has 1 aromatic carbocycles. The quantitative estimate of drug-likeness (QED) is 0.787. The highest BCUT2D eigenvalue weighted by Gasteiger charge is 2.26. The maximum atomic E-state index is 12.7. The Kier molecular flexibility index (Phi) is 4.36. The fraction of sp³-hybridized carbons (Fsp3) is 0.421. The molecule has 2 aromatic rings. The molecule has 2 aliphatic rings. The van der Waals surface area contributed by atoms with Crippen molar-refractivity contribution in [3.63, 3.8) is 0 Å². The Bertz CT molecular complexity index is 796. The van der Waals surface area contributed by atoms with E-state index >= 15 is 0 Å². The molecule has 4 rings (SSSR count). The number of anilines is 1. The zero-order valence-corrected chi connectivity index (χ0v) is 14.9. The second kappa shape index (κ2) is 6.82. The topological polar surface area (TPSA) is 67.7 Å². The minimum atomic E-state index is -0.0397. The molecule has 3 heterocycles. The molecule has 0 unspecified atom stereocenters. The highest BCUT2D eigenvalue weighted by Crippen LogP contribution is 2.21. The number of aromatic nitrogens is 2. The summed E-state index contributed by atoms with van der Waals surface area (Å²) in [5, 5.41) is 4.38. The summed E-state index contributed by atoms with van der Waals surface area (Å²) >= 11 is 0. The predicted molar refractivity (Wildman–Crippen MR) is 96.9 cm³/mol. The van der Waals surface area contributed by atoms with Crippen molar-refractivity contribution in [3.8, 4) is 5.88 Å². The van der Waals surface area contributed by atoms with E-state index in [2.05, 4.69) is 10.00 Å². The first-order valence-corrected chi connectivity index (χ1v) is 8.98. The molecule has 0 radical (unpaired) electrons. The lowest BCUT2D eigenvalue weighted by Gasteiger charge is -2.35. The number of nitrogens with zero attached hydrogens (tertiary/aromatic N) is 4. The Hall–Kier alpha value is -2.83. The number of ether oxygens (including phenoxy) is 1. The van der Waals surface area contributed by atoms with Gasteiger partial charge in [-0.2, -0.15) is 5.10 Å². The van der Waals surface area contributed by atoms with Crippen molar-refractivity contribution >= 4 is 17.4 Å². The third kappa shape index (κ3) is 3.16. The number of carbonyl (C=O) groups is 2. The van der Waals surface area contributed by atoms with Crippen LogP contribution in [0.5, 0.6) is 5.88 Å². The number of carbonyl (C=O) groups excluding carboxylic acids is 2. The summed E-state index contributed by atoms with van der Waals surface area (Å²) in [4.78, 5) is 28.2. The fourth-order valence-electron chi connectivity index (χ4n) is 3.41. The van der Waals surface area contributed by atoms with E-state index in [-0.39, 0.29) is 11.7 Å². The van der Waals surface area contributed by atoms with Crippen LogP contribution in [0.1, 0.15) is 34.2 Å². The zero-order chi connectivity index (χ0) is 18.1. The molecule has 2 aliphatic heterocycles. The number of benzene rings is 1. The van der Waals surface area contributed by atoms with Gasteiger partial charge >= 0.3 is 0 Å². The standard InChI is InChI=1S/C19H22N4O3/c1-14(24)15-3-5-16(6-4-15)21-8-10-22(11-9-21)19(25)17-13-18-23(20-17)7-2-12-26-18/h3-6,13H,2,7-12H2,1H3. The smallest absolute Gasteiger partial charge is 0.274 e. The lowest BCUT2D eigenvalue weighted by molar-refractivity contribution is 0.0739. The molecule has 0 atom stereocenters. The maximum absolute atomic E-state index is 12.7. The Labute approximate surface area is 152 Å². The van der Waals surface area contributed by atoms with E-state index in [0.29, 0.717) is 36.8 Å². The lowest BCUT2D eigenvalue weighted by Crippen LogP contribution is -2.48. The molecule has 136 valence electrons. The monoisotopic (exact) mass is 354 g/mol. The van der Waals surface area contributed by atoms with Crippen LogP contribution in [0, 0.1) is 0 Å². The van der Waals surface area contributed by atoms with E-state index in [1.807, 2.05) is 29.2 Å². The van der Waals surface area contributed by atoms with Crippen LogP contribution in [-0.4, -0.2) is 59.2 Å². The first-order chi connectivity index (χ1) is 12.6. The van der Waals surface area contributed by atoms with Crippen LogP contribution in [0.15, 0.2) is 30.3 Å². The Morgan fingerprint density at radius 1 is 1.04 bits per heavy atom. The highest BCUT2D eigenvalue weighted by molar-refractivity contribution is 5.94. The molecule has 7 nitrogen and oxygen atoms in total. The summed E-state index contributed by atoms with van der Waals surface area (Å²) in [7, 11) is 0. The second-order valence-corrected chi connectivity index (χ2v) is 6.68. The summed E-state index contributed by atoms with van der Waals surface area (Å²) in [6.07, 6.45) is 0.920. The van der Waals surface area contributed by atoms with E-state index < -0.39 is 0 Å². The first kappa shape index (κ1) is 16.6. The van der Waals surface area contributed by atoms with Gasteiger partial charge in [0.1, 0.15) is 0 Å². The SMILES string of the molecule is CC(=O)c1ccc(N2CCN(C(=O)c3cc4n(n3)CCCO4)CC2)cc1. The van der Waals surface area contributed by atoms with Crippen LogP contribution in [0.4, 0.5) is 5.69 Å². The molecule has 0 spiro atoms. The van der Waals surface area contributed by atoms with Gasteiger partial charge in [0.25, 0.3) is 5.91 Å². The minimum absolute atomic E-state index is 0.0397. The Balaban J connectivity index is 1.39. The number of Topliss-reactive ketones (excluding diaryl/α,β-unsaturated/α-hetero) is 1. The summed E-state index contributed by atoms with van der Waals surface area (Å²) in [6.45, 7) is 5.86. The second-order valence-electron chi connectivity index (χ2n) is 6.68. The van der Waals surface area contributed by atoms with Gasteiger partial charge in [-0.05, 0) is 31.2 Å². The van der Waals surface area contributed by atoms with E-state index in [4.69, 9.17) is 4.74 Å². The molecule has 7 heteroatoms. The van der Waals surface area contributed by atoms with Gasteiger partial charge in [0.15, 0.2) is 11.5 Å². The average molecular weight is 354 g/mol. The van der Waals surface area contributed by atoms with Crippen LogP contribution in [0.3, 0.4) is 0 Å². The van der Waals surface area contributed by atoms with Gasteiger partial charge in [0.2, 0.25) is 5.88 Å². The molecule has 1 aromatic heterocycles. The van der Waals surface area contributed by atoms with Gasteiger partial charge in [-0.1, -0.05) is 0 Å². The number of amides is 1. The van der Waals surface area contributed by atoms with Crippen LogP contribution in [0.2, 0.25) is 0 Å². The molecular weight excluding hydrogens is 332 g/mol. The van der Waals surface area contributed by atoms with E-state index in [1.165, 1.54) is 0 Å². The Morgan fingerprint density at radius 3 is 2.42 bits per heavy atom. The first-order valence-electron chi connectivity index (χ1n) is 8.98. The molecule has 1 fully saturated rings. The van der Waals surface area contributed by atoms with Crippen LogP contribution in [-0.2, 0) is 6.54 Å². The van der Waals surface area contributed by atoms with Crippen molar-refractivity contribution in [2.75, 3.05) is 37.7 Å². The summed E-state index contributed by atoms with van der Waals surface area (Å²) < 4.78 is 7.31. The van der Waals surface area contributed by atoms with Gasteiger partial charge < -0.3 is 14.5 Å². The highest BCUT2D eigenvalue weighted by atomic mass is 16.5. The number of piperazine rings is 1. The third-order valence-electron chi connectivity index (χ3n) is 4.93. The van der Waals surface area contributed by atoms with Crippen LogP contribution < -0.4 is 9.64 Å². The summed E-state index contributed by atoms with van der Waals surface area (Å²) in [5.41, 5.74) is 2.25. The number of hydrogen-bond donors (Lipinski definition) is 0. The van der Waals surface area contributed by atoms with Gasteiger partial charge in [-0.3, -0.25) is 9.59 Å². The summed E-state index contributed by atoms with van der Waals surface area (Å²) in [6, 6.07) is 9.38. The zero-order valence-electron chi connectivity index (χ0n) is 14.9. The van der Waals surface area contributed by atoms with Crippen molar-refractivity contribution in [2.45, 2.75) is 19.9 Å².